The lowest BCUT2D eigenvalue weighted by molar-refractivity contribution is 0.0683. The number of aromatic carboxylic acids is 1. The fourth-order valence-electron chi connectivity index (χ4n) is 1.36. The van der Waals surface area contributed by atoms with Crippen LogP contribution < -0.4 is 0 Å². The molecule has 1 aromatic carbocycles. The van der Waals surface area contributed by atoms with Crippen LogP contribution in [0.4, 0.5) is 8.78 Å². The minimum absolute atomic E-state index is 0.0519. The van der Waals surface area contributed by atoms with E-state index in [1.165, 1.54) is 6.92 Å². The molecule has 0 bridgehead atoms. The Hall–Kier alpha value is -2.31. The smallest absolute Gasteiger partial charge is 0.375 e. The number of hydrogen-bond donors (Lipinski definition) is 1. The van der Waals surface area contributed by atoms with E-state index < -0.39 is 23.4 Å². The van der Waals surface area contributed by atoms with Crippen molar-refractivity contribution in [3.8, 4) is 5.69 Å². The van der Waals surface area contributed by atoms with Crippen molar-refractivity contribution in [1.29, 1.82) is 0 Å². The second kappa shape index (κ2) is 3.93. The molecule has 0 aliphatic rings. The molecule has 1 heterocycles. The Kier molecular flexibility index (Phi) is 2.58. The zero-order valence-corrected chi connectivity index (χ0v) is 8.69. The van der Waals surface area contributed by atoms with E-state index in [0.29, 0.717) is 6.07 Å². The third-order valence-electron chi connectivity index (χ3n) is 2.10. The molecule has 7 heteroatoms. The number of aromatic nitrogens is 3. The molecule has 0 saturated carbocycles. The monoisotopic (exact) mass is 239 g/mol. The highest BCUT2D eigenvalue weighted by Gasteiger charge is 2.16. The van der Waals surface area contributed by atoms with Crippen LogP contribution >= 0.6 is 0 Å². The summed E-state index contributed by atoms with van der Waals surface area (Å²) in [4.78, 5) is 14.3. The molecule has 0 aliphatic carbocycles. The third-order valence-corrected chi connectivity index (χ3v) is 2.10. The molecule has 88 valence electrons. The van der Waals surface area contributed by atoms with E-state index in [1.54, 1.807) is 0 Å². The lowest BCUT2D eigenvalue weighted by Gasteiger charge is -2.03. The second-order valence-electron chi connectivity index (χ2n) is 3.30. The zero-order chi connectivity index (χ0) is 12.6. The molecule has 1 N–H and O–H groups in total. The van der Waals surface area contributed by atoms with E-state index in [1.807, 2.05) is 0 Å². The van der Waals surface area contributed by atoms with Gasteiger partial charge in [0.2, 0.25) is 0 Å². The van der Waals surface area contributed by atoms with Gasteiger partial charge in [-0.05, 0) is 19.1 Å². The maximum absolute atomic E-state index is 13.5. The maximum atomic E-state index is 13.5. The number of nitrogens with zero attached hydrogens (tertiary/aromatic N) is 3. The summed E-state index contributed by atoms with van der Waals surface area (Å²) >= 11 is 0. The molecule has 0 unspecified atom stereocenters. The van der Waals surface area contributed by atoms with Gasteiger partial charge in [-0.2, -0.15) is 0 Å². The number of aryl methyl sites for hydroxylation is 1. The number of halogens is 2. The van der Waals surface area contributed by atoms with Gasteiger partial charge < -0.3 is 5.11 Å². The number of carboxylic acid groups (broad SMARTS) is 1. The summed E-state index contributed by atoms with van der Waals surface area (Å²) in [5, 5.41) is 12.3. The highest BCUT2D eigenvalue weighted by molar-refractivity contribution is 5.83. The van der Waals surface area contributed by atoms with Crippen LogP contribution in [-0.4, -0.2) is 25.8 Å². The molecule has 2 aromatic rings. The molecule has 2 rings (SSSR count). The van der Waals surface area contributed by atoms with Gasteiger partial charge in [0.1, 0.15) is 17.3 Å². The molecule has 0 aliphatic heterocycles. The average Bonchev–Trinajstić information content (AvgIpc) is 2.61. The predicted octanol–water partition coefficient (Wildman–Crippen LogP) is 1.55. The number of carboxylic acids is 1. The Bertz CT molecular complexity index is 595. The molecule has 0 spiro atoms. The first-order valence-corrected chi connectivity index (χ1v) is 4.61. The van der Waals surface area contributed by atoms with Crippen molar-refractivity contribution in [3.63, 3.8) is 0 Å². The van der Waals surface area contributed by atoms with Gasteiger partial charge in [-0.1, -0.05) is 0 Å². The Morgan fingerprint density at radius 2 is 2.12 bits per heavy atom. The highest BCUT2D eigenvalue weighted by Crippen LogP contribution is 2.15. The van der Waals surface area contributed by atoms with Crippen LogP contribution in [0.1, 0.15) is 16.4 Å². The van der Waals surface area contributed by atoms with Crippen molar-refractivity contribution in [2.24, 2.45) is 0 Å². The lowest BCUT2D eigenvalue weighted by Crippen LogP contribution is -2.04. The van der Waals surface area contributed by atoms with Crippen molar-refractivity contribution >= 4 is 5.97 Å². The fraction of sp³-hybridized carbons (Fsp3) is 0.100. The summed E-state index contributed by atoms with van der Waals surface area (Å²) in [6, 6.07) is 2.91. The standard InChI is InChI=1S/C10H7F2N3O2/c1-5-13-9(10(16)17)14-15(5)8-3-2-6(11)4-7(8)12/h2-4H,1H3,(H,16,17). The molecule has 0 radical (unpaired) electrons. The lowest BCUT2D eigenvalue weighted by atomic mass is 10.3. The van der Waals surface area contributed by atoms with E-state index in [0.717, 1.165) is 16.8 Å². The number of carbonyl (C=O) groups is 1. The molecule has 17 heavy (non-hydrogen) atoms. The van der Waals surface area contributed by atoms with Crippen molar-refractivity contribution in [1.82, 2.24) is 14.8 Å². The van der Waals surface area contributed by atoms with Gasteiger partial charge in [-0.15, -0.1) is 5.10 Å². The normalized spacial score (nSPS) is 10.5. The number of rotatable bonds is 2. The van der Waals surface area contributed by atoms with Gasteiger partial charge in [0.15, 0.2) is 5.82 Å². The predicted molar refractivity (Wildman–Crippen MR) is 53.0 cm³/mol. The van der Waals surface area contributed by atoms with Gasteiger partial charge in [0.25, 0.3) is 5.82 Å². The van der Waals surface area contributed by atoms with Crippen LogP contribution in [0.25, 0.3) is 5.69 Å². The topological polar surface area (TPSA) is 68.0 Å². The van der Waals surface area contributed by atoms with E-state index in [2.05, 4.69) is 10.1 Å². The quantitative estimate of drug-likeness (QED) is 0.863. The summed E-state index contributed by atoms with van der Waals surface area (Å²) < 4.78 is 27.2. The maximum Gasteiger partial charge on any atom is 0.375 e. The molecule has 0 fully saturated rings. The average molecular weight is 239 g/mol. The minimum atomic E-state index is -1.31. The van der Waals surface area contributed by atoms with Crippen LogP contribution in [-0.2, 0) is 0 Å². The molecule has 5 nitrogen and oxygen atoms in total. The number of hydrogen-bond acceptors (Lipinski definition) is 3. The van der Waals surface area contributed by atoms with Crippen LogP contribution in [0.2, 0.25) is 0 Å². The summed E-state index contributed by atoms with van der Waals surface area (Å²) in [7, 11) is 0. The molecule has 0 saturated heterocycles. The van der Waals surface area contributed by atoms with Crippen molar-refractivity contribution < 1.29 is 18.7 Å². The summed E-state index contributed by atoms with van der Waals surface area (Å²) in [5.41, 5.74) is -0.0519. The van der Waals surface area contributed by atoms with E-state index in [9.17, 15) is 13.6 Å². The van der Waals surface area contributed by atoms with E-state index in [-0.39, 0.29) is 11.5 Å². The number of benzene rings is 1. The second-order valence-corrected chi connectivity index (χ2v) is 3.30. The minimum Gasteiger partial charge on any atom is -0.475 e. The van der Waals surface area contributed by atoms with Gasteiger partial charge in [0, 0.05) is 6.07 Å². The van der Waals surface area contributed by atoms with E-state index >= 15 is 0 Å². The first-order chi connectivity index (χ1) is 7.99. The van der Waals surface area contributed by atoms with Crippen molar-refractivity contribution in [3.05, 3.63) is 41.5 Å². The third kappa shape index (κ3) is 1.99. The first kappa shape index (κ1) is 11.2. The Balaban J connectivity index is 2.56. The Labute approximate surface area is 94.3 Å². The molecule has 1 aromatic heterocycles. The molecule has 0 amide bonds. The van der Waals surface area contributed by atoms with Crippen molar-refractivity contribution in [2.45, 2.75) is 6.92 Å². The van der Waals surface area contributed by atoms with Gasteiger partial charge in [-0.25, -0.2) is 23.2 Å². The van der Waals surface area contributed by atoms with Gasteiger partial charge >= 0.3 is 5.97 Å². The van der Waals surface area contributed by atoms with Crippen molar-refractivity contribution in [2.75, 3.05) is 0 Å². The van der Waals surface area contributed by atoms with Crippen LogP contribution in [0, 0.1) is 18.6 Å². The Morgan fingerprint density at radius 3 is 2.65 bits per heavy atom. The van der Waals surface area contributed by atoms with Crippen LogP contribution in [0.15, 0.2) is 18.2 Å². The fourth-order valence-corrected chi connectivity index (χ4v) is 1.36. The van der Waals surface area contributed by atoms with Gasteiger partial charge in [-0.3, -0.25) is 0 Å². The summed E-state index contributed by atoms with van der Waals surface area (Å²) in [5.74, 6) is -3.11. The summed E-state index contributed by atoms with van der Waals surface area (Å²) in [6.07, 6.45) is 0. The van der Waals surface area contributed by atoms with Crippen LogP contribution in [0.5, 0.6) is 0 Å². The van der Waals surface area contributed by atoms with Crippen LogP contribution in [0.3, 0.4) is 0 Å². The molecule has 0 atom stereocenters. The molecular weight excluding hydrogens is 232 g/mol. The Morgan fingerprint density at radius 1 is 1.41 bits per heavy atom. The molecular formula is C10H7F2N3O2. The largest absolute Gasteiger partial charge is 0.475 e. The zero-order valence-electron chi connectivity index (χ0n) is 8.69. The highest BCUT2D eigenvalue weighted by atomic mass is 19.1. The summed E-state index contributed by atoms with van der Waals surface area (Å²) in [6.45, 7) is 1.47. The van der Waals surface area contributed by atoms with E-state index in [4.69, 9.17) is 5.11 Å². The first-order valence-electron chi connectivity index (χ1n) is 4.61. The van der Waals surface area contributed by atoms with Gasteiger partial charge in [0.05, 0.1) is 0 Å². The SMILES string of the molecule is Cc1nc(C(=O)O)nn1-c1ccc(F)cc1F.